The molecule has 0 aliphatic carbocycles. The van der Waals surface area contributed by atoms with E-state index in [-0.39, 0.29) is 22.8 Å². The molecular formula is C24H25N3O5. The highest BCUT2D eigenvalue weighted by Crippen LogP contribution is 2.42. The summed E-state index contributed by atoms with van der Waals surface area (Å²) in [7, 11) is 1.42. The molecule has 0 radical (unpaired) electrons. The maximum absolute atomic E-state index is 11.4. The molecule has 0 unspecified atom stereocenters. The minimum absolute atomic E-state index is 0.0446. The van der Waals surface area contributed by atoms with E-state index in [1.165, 1.54) is 19.2 Å². The fourth-order valence-corrected chi connectivity index (χ4v) is 3.03. The molecular weight excluding hydrogens is 410 g/mol. The minimum atomic E-state index is -0.559. The van der Waals surface area contributed by atoms with E-state index in [1.54, 1.807) is 18.2 Å². The number of ether oxygens (including phenoxy) is 2. The zero-order chi connectivity index (χ0) is 23.3. The van der Waals surface area contributed by atoms with Crippen molar-refractivity contribution >= 4 is 17.1 Å². The first kappa shape index (κ1) is 22.7. The van der Waals surface area contributed by atoms with Gasteiger partial charge in [0.1, 0.15) is 29.5 Å². The van der Waals surface area contributed by atoms with E-state index in [0.717, 1.165) is 5.56 Å². The molecule has 32 heavy (non-hydrogen) atoms. The van der Waals surface area contributed by atoms with Crippen molar-refractivity contribution < 1.29 is 19.5 Å². The summed E-state index contributed by atoms with van der Waals surface area (Å²) in [5.74, 6) is 0.795. The van der Waals surface area contributed by atoms with Gasteiger partial charge >= 0.3 is 0 Å². The van der Waals surface area contributed by atoms with Crippen LogP contribution in [0.1, 0.15) is 31.9 Å². The van der Waals surface area contributed by atoms with E-state index < -0.39 is 10.3 Å². The van der Waals surface area contributed by atoms with E-state index in [4.69, 9.17) is 9.47 Å². The minimum Gasteiger partial charge on any atom is -0.505 e. The molecule has 8 nitrogen and oxygen atoms in total. The molecule has 3 rings (SSSR count). The van der Waals surface area contributed by atoms with Crippen molar-refractivity contribution in [2.45, 2.75) is 32.8 Å². The normalized spacial score (nSPS) is 11.5. The van der Waals surface area contributed by atoms with Gasteiger partial charge in [0.2, 0.25) is 0 Å². The highest BCUT2D eigenvalue weighted by Gasteiger charge is 2.23. The summed E-state index contributed by atoms with van der Waals surface area (Å²) in [6.07, 6.45) is 0. The summed E-state index contributed by atoms with van der Waals surface area (Å²) in [5, 5.41) is 30.4. The summed E-state index contributed by atoms with van der Waals surface area (Å²) in [6, 6.07) is 17.3. The lowest BCUT2D eigenvalue weighted by Gasteiger charge is -2.22. The van der Waals surface area contributed by atoms with Crippen LogP contribution in [-0.2, 0) is 12.0 Å². The number of benzene rings is 3. The van der Waals surface area contributed by atoms with Crippen LogP contribution in [0.2, 0.25) is 0 Å². The Balaban J connectivity index is 1.99. The van der Waals surface area contributed by atoms with Crippen LogP contribution in [0, 0.1) is 10.1 Å². The molecule has 3 aromatic rings. The predicted molar refractivity (Wildman–Crippen MR) is 121 cm³/mol. The average molecular weight is 435 g/mol. The Bertz CT molecular complexity index is 1140. The third-order valence-electron chi connectivity index (χ3n) is 4.76. The SMILES string of the molecule is COc1ccc(N=Nc2cc(OCc3ccccc3)cc(C(C)(C)C)c2O)c([N+](=O)[O-])c1. The van der Waals surface area contributed by atoms with Crippen molar-refractivity contribution in [1.29, 1.82) is 0 Å². The monoisotopic (exact) mass is 435 g/mol. The first-order chi connectivity index (χ1) is 15.2. The van der Waals surface area contributed by atoms with Gasteiger partial charge in [-0.05, 0) is 29.2 Å². The van der Waals surface area contributed by atoms with Gasteiger partial charge in [-0.3, -0.25) is 10.1 Å². The predicted octanol–water partition coefficient (Wildman–Crippen LogP) is 6.60. The Morgan fingerprint density at radius 1 is 0.969 bits per heavy atom. The highest BCUT2D eigenvalue weighted by molar-refractivity contribution is 5.63. The standard InChI is InChI=1S/C24H25N3O5/c1-24(2,3)19-12-18(32-15-16-8-6-5-7-9-16)13-21(23(19)28)26-25-20-11-10-17(31-4)14-22(20)27(29)30/h5-14,28H,15H2,1-4H3. The van der Waals surface area contributed by atoms with Gasteiger partial charge in [0.05, 0.1) is 18.1 Å². The van der Waals surface area contributed by atoms with E-state index in [1.807, 2.05) is 51.1 Å². The van der Waals surface area contributed by atoms with Crippen LogP contribution in [0.3, 0.4) is 0 Å². The first-order valence-corrected chi connectivity index (χ1v) is 9.97. The number of hydrogen-bond acceptors (Lipinski definition) is 7. The van der Waals surface area contributed by atoms with Crippen molar-refractivity contribution in [2.75, 3.05) is 7.11 Å². The third kappa shape index (κ3) is 5.40. The molecule has 8 heteroatoms. The number of methoxy groups -OCH3 is 1. The van der Waals surface area contributed by atoms with Crippen molar-refractivity contribution in [2.24, 2.45) is 10.2 Å². The molecule has 0 spiro atoms. The lowest BCUT2D eigenvalue weighted by Crippen LogP contribution is -2.11. The maximum Gasteiger partial charge on any atom is 0.300 e. The molecule has 3 aromatic carbocycles. The fraction of sp³-hybridized carbons (Fsp3) is 0.250. The van der Waals surface area contributed by atoms with Gasteiger partial charge in [0.15, 0.2) is 5.69 Å². The Morgan fingerprint density at radius 3 is 2.28 bits per heavy atom. The largest absolute Gasteiger partial charge is 0.505 e. The van der Waals surface area contributed by atoms with Crippen LogP contribution in [0.15, 0.2) is 70.9 Å². The smallest absolute Gasteiger partial charge is 0.300 e. The van der Waals surface area contributed by atoms with Gasteiger partial charge in [-0.25, -0.2) is 0 Å². The Hall–Kier alpha value is -3.94. The molecule has 0 atom stereocenters. The molecule has 0 aliphatic heterocycles. The average Bonchev–Trinajstić information content (AvgIpc) is 2.77. The summed E-state index contributed by atoms with van der Waals surface area (Å²) in [4.78, 5) is 10.8. The van der Waals surface area contributed by atoms with E-state index in [9.17, 15) is 15.2 Å². The van der Waals surface area contributed by atoms with Crippen molar-refractivity contribution in [3.63, 3.8) is 0 Å². The number of phenols is 1. The summed E-state index contributed by atoms with van der Waals surface area (Å²) >= 11 is 0. The molecule has 0 heterocycles. The van der Waals surface area contributed by atoms with Gasteiger partial charge in [-0.15, -0.1) is 10.2 Å². The molecule has 0 aliphatic rings. The lowest BCUT2D eigenvalue weighted by molar-refractivity contribution is -0.384. The summed E-state index contributed by atoms with van der Waals surface area (Å²) < 4.78 is 11.0. The number of aromatic hydroxyl groups is 1. The number of nitrogens with zero attached hydrogens (tertiary/aromatic N) is 3. The topological polar surface area (TPSA) is 107 Å². The first-order valence-electron chi connectivity index (χ1n) is 9.97. The van der Waals surface area contributed by atoms with Gasteiger partial charge in [0.25, 0.3) is 5.69 Å². The molecule has 1 N–H and O–H groups in total. The van der Waals surface area contributed by atoms with E-state index in [2.05, 4.69) is 10.2 Å². The Labute approximate surface area is 186 Å². The fourth-order valence-electron chi connectivity index (χ4n) is 3.03. The number of nitro benzene ring substituents is 1. The Kier molecular flexibility index (Phi) is 6.73. The number of azo groups is 1. The van der Waals surface area contributed by atoms with Crippen LogP contribution in [0.25, 0.3) is 0 Å². The number of nitro groups is 1. The second-order valence-electron chi connectivity index (χ2n) is 8.17. The van der Waals surface area contributed by atoms with Gasteiger partial charge in [-0.2, -0.15) is 0 Å². The highest BCUT2D eigenvalue weighted by atomic mass is 16.6. The molecule has 0 fully saturated rings. The molecule has 0 amide bonds. The molecule has 166 valence electrons. The Morgan fingerprint density at radius 2 is 1.66 bits per heavy atom. The van der Waals surface area contributed by atoms with Gasteiger partial charge in [-0.1, -0.05) is 51.1 Å². The van der Waals surface area contributed by atoms with Crippen molar-refractivity contribution in [1.82, 2.24) is 0 Å². The third-order valence-corrected chi connectivity index (χ3v) is 4.76. The quantitative estimate of drug-likeness (QED) is 0.255. The number of hydrogen-bond donors (Lipinski definition) is 1. The van der Waals surface area contributed by atoms with Crippen molar-refractivity contribution in [3.05, 3.63) is 81.9 Å². The summed E-state index contributed by atoms with van der Waals surface area (Å²) in [5.41, 5.74) is 1.18. The molecule has 0 saturated carbocycles. The van der Waals surface area contributed by atoms with Crippen LogP contribution in [-0.4, -0.2) is 17.1 Å². The van der Waals surface area contributed by atoms with Crippen molar-refractivity contribution in [3.8, 4) is 17.2 Å². The van der Waals surface area contributed by atoms with E-state index in [0.29, 0.717) is 23.7 Å². The zero-order valence-electron chi connectivity index (χ0n) is 18.4. The molecule has 0 saturated heterocycles. The number of phenolic OH excluding ortho intramolecular Hbond substituents is 1. The zero-order valence-corrected chi connectivity index (χ0v) is 18.4. The number of rotatable bonds is 7. The second-order valence-corrected chi connectivity index (χ2v) is 8.17. The lowest BCUT2D eigenvalue weighted by atomic mass is 9.86. The van der Waals surface area contributed by atoms with Gasteiger partial charge < -0.3 is 14.6 Å². The van der Waals surface area contributed by atoms with Crippen LogP contribution in [0.5, 0.6) is 17.2 Å². The van der Waals surface area contributed by atoms with E-state index >= 15 is 0 Å². The van der Waals surface area contributed by atoms with Crippen LogP contribution >= 0.6 is 0 Å². The maximum atomic E-state index is 11.4. The molecule has 0 aromatic heterocycles. The molecule has 0 bridgehead atoms. The second kappa shape index (κ2) is 9.47. The van der Waals surface area contributed by atoms with Crippen LogP contribution in [0.4, 0.5) is 17.1 Å². The van der Waals surface area contributed by atoms with Gasteiger partial charge in [0, 0.05) is 11.6 Å². The van der Waals surface area contributed by atoms with Crippen LogP contribution < -0.4 is 9.47 Å². The summed E-state index contributed by atoms with van der Waals surface area (Å²) in [6.45, 7) is 6.21.